The molecule has 35 heavy (non-hydrogen) atoms. The Kier molecular flexibility index (Phi) is 4.20. The van der Waals surface area contributed by atoms with Gasteiger partial charge in [-0.25, -0.2) is 4.98 Å². The number of ketones is 1. The number of anilines is 1. The smallest absolute Gasteiger partial charge is 0.209 e. The van der Waals surface area contributed by atoms with Gasteiger partial charge in [0.25, 0.3) is 0 Å². The van der Waals surface area contributed by atoms with E-state index in [9.17, 15) is 4.79 Å². The number of hydrogen-bond donors (Lipinski definition) is 1. The van der Waals surface area contributed by atoms with E-state index in [2.05, 4.69) is 34.1 Å². The molecule has 1 N–H and O–H groups in total. The number of carbonyl (C=O) groups is 1. The van der Waals surface area contributed by atoms with Crippen molar-refractivity contribution in [2.24, 2.45) is 0 Å². The summed E-state index contributed by atoms with van der Waals surface area (Å²) in [6, 6.07) is 31.4. The molecule has 0 saturated heterocycles. The van der Waals surface area contributed by atoms with E-state index >= 15 is 0 Å². The molecule has 5 nitrogen and oxygen atoms in total. The van der Waals surface area contributed by atoms with Gasteiger partial charge in [0.2, 0.25) is 5.95 Å². The van der Waals surface area contributed by atoms with Crippen LogP contribution in [0.3, 0.4) is 0 Å². The summed E-state index contributed by atoms with van der Waals surface area (Å²) >= 11 is 0. The molecule has 0 fully saturated rings. The van der Waals surface area contributed by atoms with Crippen LogP contribution in [0.15, 0.2) is 113 Å². The van der Waals surface area contributed by atoms with E-state index in [1.54, 1.807) is 0 Å². The topological polar surface area (TPSA) is 60.1 Å². The van der Waals surface area contributed by atoms with E-state index in [0.29, 0.717) is 11.1 Å². The van der Waals surface area contributed by atoms with Crippen molar-refractivity contribution in [1.82, 2.24) is 9.55 Å². The summed E-state index contributed by atoms with van der Waals surface area (Å²) in [5, 5.41) is 5.50. The average molecular weight is 456 g/mol. The number of benzene rings is 4. The third kappa shape index (κ3) is 2.95. The van der Waals surface area contributed by atoms with Crippen LogP contribution in [0.1, 0.15) is 28.9 Å². The molecule has 0 spiro atoms. The predicted molar refractivity (Wildman–Crippen MR) is 139 cm³/mol. The number of aromatic nitrogens is 2. The van der Waals surface area contributed by atoms with Crippen LogP contribution in [-0.2, 0) is 0 Å². The summed E-state index contributed by atoms with van der Waals surface area (Å²) in [5.41, 5.74) is 6.73. The second kappa shape index (κ2) is 7.43. The lowest BCUT2D eigenvalue weighted by atomic mass is 9.88. The van der Waals surface area contributed by atoms with Crippen molar-refractivity contribution < 1.29 is 9.21 Å². The summed E-state index contributed by atoms with van der Waals surface area (Å²) in [4.78, 5) is 18.8. The van der Waals surface area contributed by atoms with Gasteiger partial charge in [0.15, 0.2) is 5.78 Å². The molecule has 3 heterocycles. The highest BCUT2D eigenvalue weighted by molar-refractivity contribution is 6.11. The molecule has 0 unspecified atom stereocenters. The molecule has 6 aromatic rings. The standard InChI is InChI=1S/C30H21N3O2/c1-18-27(29(34)19-9-3-2-4-10-19)28(33-24-13-7-6-12-23(24)32-30(33)31-18)20-15-16-26-22(17-20)21-11-5-8-14-25(21)35-26/h2-17,28H,1H3,(H,31,32)/t28-/m1/s1. The van der Waals surface area contributed by atoms with E-state index in [1.807, 2.05) is 79.7 Å². The van der Waals surface area contributed by atoms with Gasteiger partial charge in [0.05, 0.1) is 17.1 Å². The van der Waals surface area contributed by atoms with E-state index < -0.39 is 0 Å². The third-order valence-electron chi connectivity index (χ3n) is 6.83. The molecule has 2 aromatic heterocycles. The number of nitrogens with one attached hydrogen (secondary N) is 1. The molecule has 1 atom stereocenters. The predicted octanol–water partition coefficient (Wildman–Crippen LogP) is 7.11. The molecular formula is C30H21N3O2. The molecule has 1 aliphatic heterocycles. The Labute approximate surface area is 201 Å². The fraction of sp³-hybridized carbons (Fsp3) is 0.0667. The monoisotopic (exact) mass is 455 g/mol. The van der Waals surface area contributed by atoms with Crippen molar-refractivity contribution in [2.75, 3.05) is 5.32 Å². The van der Waals surface area contributed by atoms with Crippen LogP contribution >= 0.6 is 0 Å². The van der Waals surface area contributed by atoms with Crippen LogP contribution in [0.4, 0.5) is 5.95 Å². The SMILES string of the molecule is CC1=C(C(=O)c2ccccc2)[C@@H](c2ccc3oc4ccccc4c3c2)n2c(nc3ccccc32)N1. The maximum atomic E-state index is 13.9. The maximum absolute atomic E-state index is 13.9. The van der Waals surface area contributed by atoms with Crippen molar-refractivity contribution in [1.29, 1.82) is 0 Å². The molecule has 4 aromatic carbocycles. The number of fused-ring (bicyclic) bond motifs is 6. The average Bonchev–Trinajstić information content (AvgIpc) is 3.45. The van der Waals surface area contributed by atoms with Gasteiger partial charge in [-0.05, 0) is 42.8 Å². The van der Waals surface area contributed by atoms with Gasteiger partial charge >= 0.3 is 0 Å². The Hall–Kier alpha value is -4.64. The second-order valence-corrected chi connectivity index (χ2v) is 8.91. The first-order chi connectivity index (χ1) is 17.2. The van der Waals surface area contributed by atoms with E-state index in [4.69, 9.17) is 9.40 Å². The number of hydrogen-bond acceptors (Lipinski definition) is 4. The maximum Gasteiger partial charge on any atom is 0.209 e. The zero-order chi connectivity index (χ0) is 23.5. The Balaban J connectivity index is 1.51. The number of rotatable bonds is 3. The fourth-order valence-electron chi connectivity index (χ4n) is 5.23. The molecule has 0 bridgehead atoms. The van der Waals surface area contributed by atoms with Crippen molar-refractivity contribution in [3.63, 3.8) is 0 Å². The number of furan rings is 1. The minimum atomic E-state index is -0.343. The highest BCUT2D eigenvalue weighted by atomic mass is 16.3. The summed E-state index contributed by atoms with van der Waals surface area (Å²) in [6.45, 7) is 1.96. The molecule has 5 heteroatoms. The molecular weight excluding hydrogens is 434 g/mol. The summed E-state index contributed by atoms with van der Waals surface area (Å²) in [6.07, 6.45) is 0. The Morgan fingerprint density at radius 1 is 0.857 bits per heavy atom. The van der Waals surface area contributed by atoms with Crippen molar-refractivity contribution in [3.05, 3.63) is 119 Å². The normalized spacial score (nSPS) is 15.5. The van der Waals surface area contributed by atoms with E-state index in [1.165, 1.54) is 0 Å². The Morgan fingerprint density at radius 2 is 1.60 bits per heavy atom. The lowest BCUT2D eigenvalue weighted by molar-refractivity contribution is 0.102. The number of Topliss-reactive ketones (excluding diaryl/α,β-unsaturated/α-hetero) is 1. The van der Waals surface area contributed by atoms with Crippen LogP contribution in [-0.4, -0.2) is 15.3 Å². The summed E-state index contributed by atoms with van der Waals surface area (Å²) < 4.78 is 8.21. The zero-order valence-electron chi connectivity index (χ0n) is 19.0. The van der Waals surface area contributed by atoms with Gasteiger partial charge in [0.1, 0.15) is 11.2 Å². The van der Waals surface area contributed by atoms with E-state index in [0.717, 1.165) is 50.2 Å². The number of allylic oxidation sites excluding steroid dienone is 2. The molecule has 0 radical (unpaired) electrons. The molecule has 1 aliphatic rings. The van der Waals surface area contributed by atoms with Crippen LogP contribution in [0.2, 0.25) is 0 Å². The first-order valence-corrected chi connectivity index (χ1v) is 11.6. The highest BCUT2D eigenvalue weighted by Crippen LogP contribution is 2.42. The zero-order valence-corrected chi connectivity index (χ0v) is 19.0. The van der Waals surface area contributed by atoms with Crippen molar-refractivity contribution in [3.8, 4) is 0 Å². The lowest BCUT2D eigenvalue weighted by Gasteiger charge is -2.31. The third-order valence-corrected chi connectivity index (χ3v) is 6.83. The summed E-state index contributed by atoms with van der Waals surface area (Å²) in [7, 11) is 0. The largest absolute Gasteiger partial charge is 0.456 e. The number of nitrogens with zero attached hydrogens (tertiary/aromatic N) is 2. The molecule has 0 saturated carbocycles. The number of imidazole rings is 1. The molecule has 7 rings (SSSR count). The van der Waals surface area contributed by atoms with Crippen molar-refractivity contribution in [2.45, 2.75) is 13.0 Å². The van der Waals surface area contributed by atoms with Crippen LogP contribution in [0.25, 0.3) is 33.0 Å². The Morgan fingerprint density at radius 3 is 2.49 bits per heavy atom. The van der Waals surface area contributed by atoms with Gasteiger partial charge < -0.3 is 9.73 Å². The lowest BCUT2D eigenvalue weighted by Crippen LogP contribution is -2.28. The minimum absolute atomic E-state index is 0.00109. The molecule has 168 valence electrons. The van der Waals surface area contributed by atoms with Gasteiger partial charge in [0, 0.05) is 27.6 Å². The van der Waals surface area contributed by atoms with Gasteiger partial charge in [-0.2, -0.15) is 0 Å². The van der Waals surface area contributed by atoms with Gasteiger partial charge in [-0.1, -0.05) is 66.7 Å². The molecule has 0 amide bonds. The quantitative estimate of drug-likeness (QED) is 0.289. The van der Waals surface area contributed by atoms with Gasteiger partial charge in [-0.15, -0.1) is 0 Å². The fourth-order valence-corrected chi connectivity index (χ4v) is 5.23. The first kappa shape index (κ1) is 19.8. The van der Waals surface area contributed by atoms with Crippen molar-refractivity contribution >= 4 is 44.7 Å². The highest BCUT2D eigenvalue weighted by Gasteiger charge is 2.34. The number of carbonyl (C=O) groups excluding carboxylic acids is 1. The Bertz CT molecular complexity index is 1810. The number of para-hydroxylation sites is 3. The summed E-state index contributed by atoms with van der Waals surface area (Å²) in [5.74, 6) is 0.733. The minimum Gasteiger partial charge on any atom is -0.456 e. The second-order valence-electron chi connectivity index (χ2n) is 8.91. The molecule has 0 aliphatic carbocycles. The van der Waals surface area contributed by atoms with Crippen LogP contribution in [0.5, 0.6) is 0 Å². The van der Waals surface area contributed by atoms with E-state index in [-0.39, 0.29) is 11.8 Å². The van der Waals surface area contributed by atoms with Gasteiger partial charge in [-0.3, -0.25) is 9.36 Å². The first-order valence-electron chi connectivity index (χ1n) is 11.6. The van der Waals surface area contributed by atoms with Crippen LogP contribution in [0, 0.1) is 0 Å². The van der Waals surface area contributed by atoms with Crippen LogP contribution < -0.4 is 5.32 Å².